The quantitative estimate of drug-likeness (QED) is 0.795. The third-order valence-corrected chi connectivity index (χ3v) is 3.33. The van der Waals surface area contributed by atoms with Gasteiger partial charge in [0.1, 0.15) is 10.8 Å². The predicted molar refractivity (Wildman–Crippen MR) is 72.1 cm³/mol. The van der Waals surface area contributed by atoms with Gasteiger partial charge in [-0.1, -0.05) is 12.2 Å². The molecule has 0 saturated carbocycles. The van der Waals surface area contributed by atoms with Crippen molar-refractivity contribution in [1.82, 2.24) is 4.98 Å². The van der Waals surface area contributed by atoms with Crippen LogP contribution in [0.2, 0.25) is 0 Å². The Balaban J connectivity index is 2.02. The summed E-state index contributed by atoms with van der Waals surface area (Å²) in [5, 5.41) is 3.37. The molecule has 1 aromatic heterocycles. The number of anilines is 1. The first-order chi connectivity index (χ1) is 8.16. The summed E-state index contributed by atoms with van der Waals surface area (Å²) in [4.78, 5) is 4.66. The number of thiocarbonyl (C=S) groups is 1. The second-order valence-electron chi connectivity index (χ2n) is 4.35. The SMILES string of the molecule is CC(Nc1cc(C(N)=S)ccn1)C1CCOC1. The van der Waals surface area contributed by atoms with Crippen LogP contribution >= 0.6 is 12.2 Å². The van der Waals surface area contributed by atoms with Crippen LogP contribution in [0, 0.1) is 5.92 Å². The van der Waals surface area contributed by atoms with Gasteiger partial charge in [-0.2, -0.15) is 0 Å². The number of rotatable bonds is 4. The lowest BCUT2D eigenvalue weighted by Gasteiger charge is -2.19. The van der Waals surface area contributed by atoms with E-state index in [1.165, 1.54) is 0 Å². The maximum absolute atomic E-state index is 5.59. The monoisotopic (exact) mass is 251 g/mol. The third-order valence-electron chi connectivity index (χ3n) is 3.09. The van der Waals surface area contributed by atoms with Crippen LogP contribution in [0.5, 0.6) is 0 Å². The molecule has 5 heteroatoms. The van der Waals surface area contributed by atoms with Crippen LogP contribution < -0.4 is 11.1 Å². The van der Waals surface area contributed by atoms with Crippen molar-refractivity contribution in [3.8, 4) is 0 Å². The Morgan fingerprint density at radius 1 is 1.71 bits per heavy atom. The lowest BCUT2D eigenvalue weighted by molar-refractivity contribution is 0.183. The number of aromatic nitrogens is 1. The fourth-order valence-electron chi connectivity index (χ4n) is 1.96. The summed E-state index contributed by atoms with van der Waals surface area (Å²) in [6.07, 6.45) is 2.82. The van der Waals surface area contributed by atoms with Crippen molar-refractivity contribution >= 4 is 23.0 Å². The van der Waals surface area contributed by atoms with Gasteiger partial charge in [0.15, 0.2) is 0 Å². The predicted octanol–water partition coefficient (Wildman–Crippen LogP) is 1.55. The second-order valence-corrected chi connectivity index (χ2v) is 4.79. The van der Waals surface area contributed by atoms with E-state index in [0.29, 0.717) is 16.9 Å². The molecule has 0 aliphatic carbocycles. The summed E-state index contributed by atoms with van der Waals surface area (Å²) in [6.45, 7) is 3.83. The highest BCUT2D eigenvalue weighted by atomic mass is 32.1. The van der Waals surface area contributed by atoms with Crippen LogP contribution in [0.1, 0.15) is 18.9 Å². The summed E-state index contributed by atoms with van der Waals surface area (Å²) in [7, 11) is 0. The number of pyridine rings is 1. The zero-order valence-electron chi connectivity index (χ0n) is 9.85. The summed E-state index contributed by atoms with van der Waals surface area (Å²) >= 11 is 4.94. The first-order valence-electron chi connectivity index (χ1n) is 5.77. The lowest BCUT2D eigenvalue weighted by atomic mass is 10.0. The molecule has 0 spiro atoms. The van der Waals surface area contributed by atoms with E-state index in [-0.39, 0.29) is 0 Å². The number of nitrogens with two attached hydrogens (primary N) is 1. The Morgan fingerprint density at radius 3 is 3.18 bits per heavy atom. The minimum Gasteiger partial charge on any atom is -0.389 e. The van der Waals surface area contributed by atoms with Crippen molar-refractivity contribution < 1.29 is 4.74 Å². The molecule has 17 heavy (non-hydrogen) atoms. The van der Waals surface area contributed by atoms with Gasteiger partial charge in [-0.3, -0.25) is 0 Å². The average Bonchev–Trinajstić information content (AvgIpc) is 2.82. The maximum atomic E-state index is 5.59. The molecule has 0 radical (unpaired) electrons. The molecular formula is C12H17N3OS. The van der Waals surface area contributed by atoms with Crippen molar-refractivity contribution in [3.05, 3.63) is 23.9 Å². The molecule has 2 atom stereocenters. The molecule has 2 heterocycles. The number of hydrogen-bond acceptors (Lipinski definition) is 4. The van der Waals surface area contributed by atoms with Gasteiger partial charge in [0, 0.05) is 30.3 Å². The highest BCUT2D eigenvalue weighted by Gasteiger charge is 2.22. The number of nitrogens with one attached hydrogen (secondary N) is 1. The van der Waals surface area contributed by atoms with E-state index in [0.717, 1.165) is 31.0 Å². The third kappa shape index (κ3) is 3.14. The first-order valence-corrected chi connectivity index (χ1v) is 6.18. The fraction of sp³-hybridized carbons (Fsp3) is 0.500. The fourth-order valence-corrected chi connectivity index (χ4v) is 2.09. The lowest BCUT2D eigenvalue weighted by Crippen LogP contribution is -2.26. The smallest absolute Gasteiger partial charge is 0.126 e. The van der Waals surface area contributed by atoms with Gasteiger partial charge in [0.25, 0.3) is 0 Å². The molecular weight excluding hydrogens is 234 g/mol. The molecule has 92 valence electrons. The molecule has 4 nitrogen and oxygen atoms in total. The zero-order chi connectivity index (χ0) is 12.3. The summed E-state index contributed by atoms with van der Waals surface area (Å²) in [6, 6.07) is 4.04. The normalized spacial score (nSPS) is 21.1. The Morgan fingerprint density at radius 2 is 2.53 bits per heavy atom. The van der Waals surface area contributed by atoms with Crippen molar-refractivity contribution in [2.24, 2.45) is 11.7 Å². The summed E-state index contributed by atoms with van der Waals surface area (Å²) < 4.78 is 5.38. The van der Waals surface area contributed by atoms with Gasteiger partial charge in [-0.05, 0) is 25.5 Å². The molecule has 1 fully saturated rings. The van der Waals surface area contributed by atoms with Gasteiger partial charge in [0.05, 0.1) is 6.61 Å². The number of hydrogen-bond donors (Lipinski definition) is 2. The average molecular weight is 251 g/mol. The zero-order valence-corrected chi connectivity index (χ0v) is 10.7. The molecule has 1 aliphatic rings. The van der Waals surface area contributed by atoms with E-state index < -0.39 is 0 Å². The molecule has 0 aromatic carbocycles. The molecule has 3 N–H and O–H groups in total. The standard InChI is InChI=1S/C12H17N3OS/c1-8(10-3-5-16-7-10)15-11-6-9(12(13)17)2-4-14-11/h2,4,6,8,10H,3,5,7H2,1H3,(H2,13,17)(H,14,15). The minimum absolute atomic E-state index is 0.339. The van der Waals surface area contributed by atoms with E-state index in [1.54, 1.807) is 6.20 Å². The van der Waals surface area contributed by atoms with Crippen LogP contribution in [-0.4, -0.2) is 29.2 Å². The first kappa shape index (κ1) is 12.3. The Kier molecular flexibility index (Phi) is 3.91. The molecule has 2 unspecified atom stereocenters. The van der Waals surface area contributed by atoms with Gasteiger partial charge < -0.3 is 15.8 Å². The largest absolute Gasteiger partial charge is 0.389 e. The van der Waals surface area contributed by atoms with Crippen molar-refractivity contribution in [2.75, 3.05) is 18.5 Å². The Labute approximate surface area is 107 Å². The van der Waals surface area contributed by atoms with E-state index in [9.17, 15) is 0 Å². The van der Waals surface area contributed by atoms with E-state index in [4.69, 9.17) is 22.7 Å². The van der Waals surface area contributed by atoms with E-state index in [1.807, 2.05) is 12.1 Å². The van der Waals surface area contributed by atoms with Crippen molar-refractivity contribution in [2.45, 2.75) is 19.4 Å². The topological polar surface area (TPSA) is 60.2 Å². The molecule has 1 aliphatic heterocycles. The van der Waals surface area contributed by atoms with Gasteiger partial charge in [-0.15, -0.1) is 0 Å². The summed E-state index contributed by atoms with van der Waals surface area (Å²) in [5.41, 5.74) is 6.43. The van der Waals surface area contributed by atoms with Gasteiger partial charge in [0.2, 0.25) is 0 Å². The molecule has 0 bridgehead atoms. The maximum Gasteiger partial charge on any atom is 0.126 e. The van der Waals surface area contributed by atoms with Crippen LogP contribution in [0.15, 0.2) is 18.3 Å². The highest BCUT2D eigenvalue weighted by molar-refractivity contribution is 7.80. The molecule has 0 amide bonds. The number of ether oxygens (including phenoxy) is 1. The highest BCUT2D eigenvalue weighted by Crippen LogP contribution is 2.19. The van der Waals surface area contributed by atoms with Gasteiger partial charge in [-0.25, -0.2) is 4.98 Å². The van der Waals surface area contributed by atoms with Gasteiger partial charge >= 0.3 is 0 Å². The van der Waals surface area contributed by atoms with Crippen LogP contribution in [0.4, 0.5) is 5.82 Å². The van der Waals surface area contributed by atoms with E-state index >= 15 is 0 Å². The van der Waals surface area contributed by atoms with Crippen molar-refractivity contribution in [3.63, 3.8) is 0 Å². The van der Waals surface area contributed by atoms with Crippen molar-refractivity contribution in [1.29, 1.82) is 0 Å². The summed E-state index contributed by atoms with van der Waals surface area (Å²) in [5.74, 6) is 1.36. The molecule has 1 saturated heterocycles. The second kappa shape index (κ2) is 5.42. The van der Waals surface area contributed by atoms with Crippen LogP contribution in [0.25, 0.3) is 0 Å². The van der Waals surface area contributed by atoms with E-state index in [2.05, 4.69) is 17.2 Å². The molecule has 2 rings (SSSR count). The molecule has 1 aromatic rings. The number of nitrogens with zero attached hydrogens (tertiary/aromatic N) is 1. The van der Waals surface area contributed by atoms with Crippen LogP contribution in [-0.2, 0) is 4.74 Å². The minimum atomic E-state index is 0.339. The Hall–Kier alpha value is -1.20. The van der Waals surface area contributed by atoms with Crippen LogP contribution in [0.3, 0.4) is 0 Å². The Bertz CT molecular complexity index is 404.